The number of aryl methyl sites for hydroxylation is 1. The Bertz CT molecular complexity index is 1580. The van der Waals surface area contributed by atoms with E-state index in [-0.39, 0.29) is 30.0 Å². The molecule has 1 aliphatic heterocycles. The number of hydrogen-bond acceptors (Lipinski definition) is 7. The fraction of sp³-hybridized carbons (Fsp3) is 0.417. The van der Waals surface area contributed by atoms with Crippen LogP contribution < -0.4 is 11.2 Å². The first-order chi connectivity index (χ1) is 16.7. The number of rotatable bonds is 5. The Morgan fingerprint density at radius 2 is 2.00 bits per heavy atom. The van der Waals surface area contributed by atoms with Gasteiger partial charge in [-0.25, -0.2) is 14.8 Å². The molecule has 35 heavy (non-hydrogen) atoms. The van der Waals surface area contributed by atoms with Crippen molar-refractivity contribution in [3.63, 3.8) is 0 Å². The summed E-state index contributed by atoms with van der Waals surface area (Å²) in [6, 6.07) is 7.72. The summed E-state index contributed by atoms with van der Waals surface area (Å²) in [4.78, 5) is 51.2. The molecule has 1 fully saturated rings. The highest BCUT2D eigenvalue weighted by atomic mass is 32.1. The van der Waals surface area contributed by atoms with Gasteiger partial charge in [-0.15, -0.1) is 11.3 Å². The Labute approximate surface area is 204 Å². The highest BCUT2D eigenvalue weighted by Crippen LogP contribution is 2.32. The predicted octanol–water partition coefficient (Wildman–Crippen LogP) is 1.87. The lowest BCUT2D eigenvalue weighted by atomic mass is 10.1. The quantitative estimate of drug-likeness (QED) is 0.451. The summed E-state index contributed by atoms with van der Waals surface area (Å²) >= 11 is 1.27. The van der Waals surface area contributed by atoms with Crippen LogP contribution in [-0.4, -0.2) is 54.0 Å². The molecule has 0 radical (unpaired) electrons. The van der Waals surface area contributed by atoms with Gasteiger partial charge in [0.05, 0.1) is 35.1 Å². The first kappa shape index (κ1) is 23.5. The van der Waals surface area contributed by atoms with Crippen LogP contribution in [0, 0.1) is 12.8 Å². The van der Waals surface area contributed by atoms with Crippen molar-refractivity contribution in [2.75, 3.05) is 13.2 Å². The normalized spacial score (nSPS) is 16.3. The van der Waals surface area contributed by atoms with Crippen LogP contribution >= 0.6 is 11.3 Å². The molecule has 1 atom stereocenters. The van der Waals surface area contributed by atoms with Crippen molar-refractivity contribution in [1.82, 2.24) is 23.7 Å². The highest BCUT2D eigenvalue weighted by molar-refractivity contribution is 7.19. The van der Waals surface area contributed by atoms with Crippen LogP contribution in [0.1, 0.15) is 34.9 Å². The highest BCUT2D eigenvalue weighted by Gasteiger charge is 2.33. The zero-order chi connectivity index (χ0) is 25.0. The third-order valence-electron chi connectivity index (χ3n) is 6.18. The number of para-hydroxylation sites is 2. The molecule has 5 rings (SSSR count). The molecule has 0 aliphatic carbocycles. The molecule has 1 aliphatic rings. The van der Waals surface area contributed by atoms with E-state index in [0.29, 0.717) is 22.8 Å². The van der Waals surface area contributed by atoms with Crippen molar-refractivity contribution in [2.24, 2.45) is 13.0 Å². The number of fused-ring (bicyclic) bond motifs is 2. The van der Waals surface area contributed by atoms with Crippen LogP contribution in [0.15, 0.2) is 33.9 Å². The number of aromatic nitrogens is 4. The third-order valence-corrected chi connectivity index (χ3v) is 7.38. The minimum atomic E-state index is -0.797. The van der Waals surface area contributed by atoms with E-state index in [1.807, 2.05) is 49.6 Å². The van der Waals surface area contributed by atoms with Crippen molar-refractivity contribution in [1.29, 1.82) is 0 Å². The van der Waals surface area contributed by atoms with Gasteiger partial charge in [0.25, 0.3) is 11.5 Å². The Hall–Kier alpha value is -3.28. The monoisotopic (exact) mass is 497 g/mol. The number of carbonyl (C=O) groups excluding carboxylic acids is 1. The first-order valence-corrected chi connectivity index (χ1v) is 12.3. The maximum atomic E-state index is 13.7. The van der Waals surface area contributed by atoms with Crippen molar-refractivity contribution >= 4 is 38.5 Å². The molecule has 1 aromatic carbocycles. The van der Waals surface area contributed by atoms with Gasteiger partial charge in [-0.2, -0.15) is 0 Å². The minimum Gasteiger partial charge on any atom is -0.389 e. The van der Waals surface area contributed by atoms with E-state index in [2.05, 4.69) is 4.98 Å². The van der Waals surface area contributed by atoms with Gasteiger partial charge in [-0.3, -0.25) is 23.6 Å². The molecule has 0 spiro atoms. The molecule has 1 N–H and O–H groups in total. The lowest BCUT2D eigenvalue weighted by Gasteiger charge is -2.15. The molecular weight excluding hydrogens is 470 g/mol. The van der Waals surface area contributed by atoms with Gasteiger partial charge in [0, 0.05) is 18.5 Å². The number of carbonyl (C=O) groups is 1. The van der Waals surface area contributed by atoms with Crippen LogP contribution in [0.2, 0.25) is 0 Å². The number of thiophene rings is 1. The van der Waals surface area contributed by atoms with E-state index < -0.39 is 23.3 Å². The SMILES string of the molecule is Cc1nc2ccccc2n1Cc1sc2c(c1C(=O)N1C[C@H](O)CO1)c(=O)n(C)c(=O)n2CC(C)C. The molecule has 0 unspecified atom stereocenters. The number of benzene rings is 1. The molecular formula is C24H27N5O5S. The number of aliphatic hydroxyl groups excluding tert-OH is 1. The van der Waals surface area contributed by atoms with Crippen molar-refractivity contribution in [3.05, 3.63) is 61.4 Å². The second kappa shape index (κ2) is 8.74. The zero-order valence-corrected chi connectivity index (χ0v) is 20.8. The van der Waals surface area contributed by atoms with Gasteiger partial charge < -0.3 is 9.67 Å². The van der Waals surface area contributed by atoms with E-state index in [4.69, 9.17) is 4.84 Å². The van der Waals surface area contributed by atoms with E-state index >= 15 is 0 Å². The molecule has 4 heterocycles. The summed E-state index contributed by atoms with van der Waals surface area (Å²) in [5, 5.41) is 11.2. The Balaban J connectivity index is 1.78. The van der Waals surface area contributed by atoms with Gasteiger partial charge in [0.2, 0.25) is 0 Å². The van der Waals surface area contributed by atoms with Gasteiger partial charge in [-0.1, -0.05) is 26.0 Å². The topological polar surface area (TPSA) is 112 Å². The molecule has 3 aromatic heterocycles. The summed E-state index contributed by atoms with van der Waals surface area (Å²) in [6.07, 6.45) is -0.797. The summed E-state index contributed by atoms with van der Waals surface area (Å²) < 4.78 is 4.62. The van der Waals surface area contributed by atoms with E-state index in [9.17, 15) is 19.5 Å². The van der Waals surface area contributed by atoms with Crippen molar-refractivity contribution < 1.29 is 14.7 Å². The average Bonchev–Trinajstić information content (AvgIpc) is 3.50. The second-order valence-corrected chi connectivity index (χ2v) is 10.4. The van der Waals surface area contributed by atoms with Crippen LogP contribution in [0.3, 0.4) is 0 Å². The molecule has 10 nitrogen and oxygen atoms in total. The molecule has 0 saturated carbocycles. The lowest BCUT2D eigenvalue weighted by Crippen LogP contribution is -2.39. The maximum absolute atomic E-state index is 13.7. The van der Waals surface area contributed by atoms with Crippen molar-refractivity contribution in [3.8, 4) is 0 Å². The molecule has 184 valence electrons. The van der Waals surface area contributed by atoms with Crippen LogP contribution in [0.4, 0.5) is 0 Å². The Kier molecular flexibility index (Phi) is 5.86. The summed E-state index contributed by atoms with van der Waals surface area (Å²) in [6.45, 7) is 6.58. The van der Waals surface area contributed by atoms with Crippen LogP contribution in [-0.2, 0) is 25.0 Å². The molecule has 1 saturated heterocycles. The summed E-state index contributed by atoms with van der Waals surface area (Å²) in [5.41, 5.74) is 0.996. The lowest BCUT2D eigenvalue weighted by molar-refractivity contribution is -0.0778. The van der Waals surface area contributed by atoms with Gasteiger partial charge in [0.15, 0.2) is 0 Å². The average molecular weight is 498 g/mol. The van der Waals surface area contributed by atoms with Gasteiger partial charge in [-0.05, 0) is 25.0 Å². The predicted molar refractivity (Wildman–Crippen MR) is 133 cm³/mol. The van der Waals surface area contributed by atoms with E-state index in [1.165, 1.54) is 18.4 Å². The number of imidazole rings is 1. The van der Waals surface area contributed by atoms with Crippen LogP contribution in [0.25, 0.3) is 21.3 Å². The minimum absolute atomic E-state index is 0.00444. The number of nitrogens with zero attached hydrogens (tertiary/aromatic N) is 5. The smallest absolute Gasteiger partial charge is 0.331 e. The van der Waals surface area contributed by atoms with E-state index in [1.54, 1.807) is 4.57 Å². The summed E-state index contributed by atoms with van der Waals surface area (Å²) in [5.74, 6) is 0.411. The standard InChI is InChI=1S/C24H27N5O5S/c1-13(2)9-28-23-20(21(31)26(4)24(28)33)19(22(32)29-10-15(30)12-34-29)18(35-23)11-27-14(3)25-16-7-5-6-8-17(16)27/h5-8,13,15,30H,9-12H2,1-4H3/t15-/m0/s1. The summed E-state index contributed by atoms with van der Waals surface area (Å²) in [7, 11) is 1.43. The first-order valence-electron chi connectivity index (χ1n) is 11.5. The number of hydroxylamine groups is 2. The van der Waals surface area contributed by atoms with E-state index in [0.717, 1.165) is 26.5 Å². The van der Waals surface area contributed by atoms with Crippen LogP contribution in [0.5, 0.6) is 0 Å². The van der Waals surface area contributed by atoms with Gasteiger partial charge >= 0.3 is 5.69 Å². The molecule has 1 amide bonds. The molecule has 11 heteroatoms. The maximum Gasteiger partial charge on any atom is 0.331 e. The molecule has 0 bridgehead atoms. The Morgan fingerprint density at radius 1 is 1.26 bits per heavy atom. The number of β-amino-alcohol motifs (C(OH)–C–C–N with tert-alkyl or cyclic N) is 1. The third kappa shape index (κ3) is 3.89. The number of amides is 1. The van der Waals surface area contributed by atoms with Gasteiger partial charge in [0.1, 0.15) is 23.4 Å². The largest absolute Gasteiger partial charge is 0.389 e. The number of hydrogen-bond donors (Lipinski definition) is 1. The fourth-order valence-corrected chi connectivity index (χ4v) is 5.79. The zero-order valence-electron chi connectivity index (χ0n) is 20.0. The second-order valence-electron chi connectivity index (χ2n) is 9.28. The fourth-order valence-electron chi connectivity index (χ4n) is 4.52. The number of aliphatic hydroxyl groups is 1. The van der Waals surface area contributed by atoms with Crippen molar-refractivity contribution in [2.45, 2.75) is 40.0 Å². The Morgan fingerprint density at radius 3 is 2.69 bits per heavy atom. The molecule has 4 aromatic rings.